The summed E-state index contributed by atoms with van der Waals surface area (Å²) in [6.45, 7) is 8.16. The van der Waals surface area contributed by atoms with Crippen LogP contribution < -0.4 is 0 Å². The van der Waals surface area contributed by atoms with Crippen molar-refractivity contribution >= 4 is 18.4 Å². The molecule has 0 aliphatic rings. The number of hydrogen-bond donors (Lipinski definition) is 0. The van der Waals surface area contributed by atoms with E-state index in [1.165, 1.54) is 16.9 Å². The number of allylic oxidation sites excluding steroid dienone is 1. The topological polar surface area (TPSA) is 18.5 Å². The summed E-state index contributed by atoms with van der Waals surface area (Å²) in [4.78, 5) is 0. The maximum atomic E-state index is 5.17. The summed E-state index contributed by atoms with van der Waals surface area (Å²) < 4.78 is 15.5. The molecule has 0 fully saturated rings. The van der Waals surface area contributed by atoms with Gasteiger partial charge in [0.25, 0.3) is 0 Å². The molecular weight excluding hydrogens is 319 g/mol. The first-order chi connectivity index (χ1) is 8.20. The van der Waals surface area contributed by atoms with Crippen LogP contribution in [-0.2, 0) is 9.47 Å². The molecule has 0 aromatic rings. The molecule has 0 heterocycles. The van der Waals surface area contributed by atoms with E-state index in [-0.39, 0.29) is 0 Å². The van der Waals surface area contributed by atoms with E-state index in [0.29, 0.717) is 13.2 Å². The van der Waals surface area contributed by atoms with E-state index in [1.54, 1.807) is 14.2 Å². The van der Waals surface area contributed by atoms with Crippen molar-refractivity contribution in [1.82, 2.24) is 0 Å². The summed E-state index contributed by atoms with van der Waals surface area (Å²) in [5.74, 6) is 6.46. The quantitative estimate of drug-likeness (QED) is 0.521. The zero-order valence-electron chi connectivity index (χ0n) is 11.9. The Balaban J connectivity index is 5.08. The van der Waals surface area contributed by atoms with E-state index in [4.69, 9.17) is 9.47 Å². The fourth-order valence-corrected chi connectivity index (χ4v) is 12.1. The second-order valence-corrected chi connectivity index (χ2v) is 19.0. The van der Waals surface area contributed by atoms with Gasteiger partial charge < -0.3 is 0 Å². The van der Waals surface area contributed by atoms with Gasteiger partial charge in [-0.2, -0.15) is 0 Å². The van der Waals surface area contributed by atoms with Crippen LogP contribution in [0.2, 0.25) is 13.3 Å². The molecule has 0 amide bonds. The van der Waals surface area contributed by atoms with E-state index < -0.39 is 18.4 Å². The average Bonchev–Trinajstić information content (AvgIpc) is 2.37. The van der Waals surface area contributed by atoms with Crippen LogP contribution in [0, 0.1) is 11.8 Å². The van der Waals surface area contributed by atoms with Crippen molar-refractivity contribution in [2.75, 3.05) is 27.4 Å². The van der Waals surface area contributed by atoms with Crippen molar-refractivity contribution in [3.8, 4) is 11.8 Å². The van der Waals surface area contributed by atoms with Crippen LogP contribution in [0.1, 0.15) is 20.8 Å². The van der Waals surface area contributed by atoms with E-state index >= 15 is 0 Å². The van der Waals surface area contributed by atoms with Gasteiger partial charge in [0.15, 0.2) is 0 Å². The summed E-state index contributed by atoms with van der Waals surface area (Å²) in [6.07, 6.45) is 2.20. The zero-order valence-corrected chi connectivity index (χ0v) is 14.8. The van der Waals surface area contributed by atoms with Crippen molar-refractivity contribution in [2.45, 2.75) is 34.1 Å². The zero-order chi connectivity index (χ0) is 13.1. The van der Waals surface area contributed by atoms with Gasteiger partial charge in [-0.25, -0.2) is 0 Å². The van der Waals surface area contributed by atoms with E-state index in [1.807, 2.05) is 0 Å². The molecule has 0 aromatic heterocycles. The number of rotatable bonds is 7. The van der Waals surface area contributed by atoms with Crippen LogP contribution in [0.25, 0.3) is 0 Å². The molecule has 0 unspecified atom stereocenters. The molecule has 17 heavy (non-hydrogen) atoms. The van der Waals surface area contributed by atoms with Crippen LogP contribution in [0.5, 0.6) is 0 Å². The van der Waals surface area contributed by atoms with Crippen LogP contribution in [0.3, 0.4) is 0 Å². The van der Waals surface area contributed by atoms with Crippen LogP contribution >= 0.6 is 0 Å². The second kappa shape index (κ2) is 9.99. The molecule has 0 aromatic carbocycles. The van der Waals surface area contributed by atoms with Crippen molar-refractivity contribution in [1.29, 1.82) is 0 Å². The molecular formula is C14H26O2Sn. The summed E-state index contributed by atoms with van der Waals surface area (Å²) in [6, 6.07) is 0. The van der Waals surface area contributed by atoms with Gasteiger partial charge in [0.1, 0.15) is 0 Å². The molecule has 0 N–H and O–H groups in total. The second-order valence-electron chi connectivity index (χ2n) is 4.15. The van der Waals surface area contributed by atoms with Crippen LogP contribution in [-0.4, -0.2) is 45.8 Å². The molecule has 0 saturated heterocycles. The standard InChI is InChI=1S/C8H11O2.3C2H5.Sn/c1-9-7-5-3-4-6-8-10-2;3*1-2;/h5H,7-8H2,1-2H3;3*1H2,2H3;. The fraction of sp³-hybridized carbons (Fsp3) is 0.714. The van der Waals surface area contributed by atoms with Gasteiger partial charge >= 0.3 is 111 Å². The average molecular weight is 345 g/mol. The third kappa shape index (κ3) is 5.46. The first kappa shape index (κ1) is 17.0. The van der Waals surface area contributed by atoms with E-state index in [0.717, 1.165) is 0 Å². The molecule has 0 atom stereocenters. The fourth-order valence-electron chi connectivity index (χ4n) is 2.09. The van der Waals surface area contributed by atoms with Crippen LogP contribution in [0.4, 0.5) is 0 Å². The number of hydrogen-bond acceptors (Lipinski definition) is 2. The third-order valence-corrected chi connectivity index (χ3v) is 19.3. The summed E-state index contributed by atoms with van der Waals surface area (Å²) >= 11 is -2.19. The Morgan fingerprint density at radius 1 is 1.06 bits per heavy atom. The van der Waals surface area contributed by atoms with E-state index in [9.17, 15) is 0 Å². The first-order valence-corrected chi connectivity index (χ1v) is 13.9. The van der Waals surface area contributed by atoms with Gasteiger partial charge in [0.05, 0.1) is 0 Å². The Morgan fingerprint density at radius 3 is 2.06 bits per heavy atom. The predicted molar refractivity (Wildman–Crippen MR) is 76.8 cm³/mol. The molecule has 0 bridgehead atoms. The minimum atomic E-state index is -2.19. The molecule has 0 rings (SSSR count). The molecule has 98 valence electrons. The monoisotopic (exact) mass is 346 g/mol. The van der Waals surface area contributed by atoms with Gasteiger partial charge in [-0.1, -0.05) is 0 Å². The van der Waals surface area contributed by atoms with Gasteiger partial charge in [-0.05, 0) is 0 Å². The summed E-state index contributed by atoms with van der Waals surface area (Å²) in [7, 11) is 3.42. The van der Waals surface area contributed by atoms with Gasteiger partial charge in [-0.15, -0.1) is 0 Å². The Kier molecular flexibility index (Phi) is 10.0. The Hall–Kier alpha value is 0.0187. The molecule has 0 aliphatic heterocycles. The van der Waals surface area contributed by atoms with Crippen molar-refractivity contribution in [3.63, 3.8) is 0 Å². The van der Waals surface area contributed by atoms with Gasteiger partial charge in [0.2, 0.25) is 0 Å². The molecule has 0 aliphatic carbocycles. The molecule has 3 heteroatoms. The van der Waals surface area contributed by atoms with Gasteiger partial charge in [0, 0.05) is 0 Å². The Morgan fingerprint density at radius 2 is 1.65 bits per heavy atom. The first-order valence-electron chi connectivity index (χ1n) is 6.38. The molecule has 0 saturated carbocycles. The summed E-state index contributed by atoms with van der Waals surface area (Å²) in [5.41, 5.74) is 0. The predicted octanol–water partition coefficient (Wildman–Crippen LogP) is 3.26. The Bertz CT molecular complexity index is 274. The number of ether oxygens (including phenoxy) is 2. The molecule has 0 radical (unpaired) electrons. The summed E-state index contributed by atoms with van der Waals surface area (Å²) in [5, 5.41) is 0. The third-order valence-electron chi connectivity index (χ3n) is 3.50. The van der Waals surface area contributed by atoms with Crippen molar-refractivity contribution in [2.24, 2.45) is 0 Å². The maximum absolute atomic E-state index is 5.17. The number of methoxy groups -OCH3 is 2. The molecule has 0 spiro atoms. The normalized spacial score (nSPS) is 12.2. The van der Waals surface area contributed by atoms with Crippen LogP contribution in [0.15, 0.2) is 9.67 Å². The van der Waals surface area contributed by atoms with Crippen molar-refractivity contribution < 1.29 is 9.47 Å². The van der Waals surface area contributed by atoms with Gasteiger partial charge in [-0.3, -0.25) is 0 Å². The Labute approximate surface area is 111 Å². The SMILES string of the molecule is C[CH2][Sn]([CH2]C)([CH2]C)/[C](C#CCOC)=C\COC. The molecule has 2 nitrogen and oxygen atoms in total. The van der Waals surface area contributed by atoms with E-state index in [2.05, 4.69) is 38.7 Å². The minimum absolute atomic E-state index is 0.517. The van der Waals surface area contributed by atoms with Crippen molar-refractivity contribution in [3.05, 3.63) is 9.67 Å².